The van der Waals surface area contributed by atoms with Gasteiger partial charge < -0.3 is 15.2 Å². The molecule has 1 aromatic heterocycles. The molecule has 0 bridgehead atoms. The highest BCUT2D eigenvalue weighted by Gasteiger charge is 2.58. The van der Waals surface area contributed by atoms with Gasteiger partial charge in [-0.05, 0) is 48.0 Å². The lowest BCUT2D eigenvalue weighted by atomic mass is 10.00. The monoisotopic (exact) mass is 371 g/mol. The number of hydrogen-bond acceptors (Lipinski definition) is 8. The average Bonchev–Trinajstić information content (AvgIpc) is 3.42. The van der Waals surface area contributed by atoms with Gasteiger partial charge >= 0.3 is 0 Å². The van der Waals surface area contributed by atoms with Crippen molar-refractivity contribution < 1.29 is 9.47 Å². The van der Waals surface area contributed by atoms with Crippen LogP contribution in [0.5, 0.6) is 0 Å². The number of benzene rings is 1. The number of rotatable bonds is 4. The molecule has 5 rings (SSSR count). The second-order valence-corrected chi connectivity index (χ2v) is 7.73. The van der Waals surface area contributed by atoms with Crippen molar-refractivity contribution in [1.29, 1.82) is 0 Å². The summed E-state index contributed by atoms with van der Waals surface area (Å²) in [5.74, 6) is 0.668. The fraction of sp³-hybridized carbons (Fsp3) is 0.611. The second kappa shape index (κ2) is 6.61. The lowest BCUT2D eigenvalue weighted by Crippen LogP contribution is -2.54. The van der Waals surface area contributed by atoms with Crippen LogP contribution in [-0.4, -0.2) is 69.3 Å². The molecule has 144 valence electrons. The van der Waals surface area contributed by atoms with Crippen LogP contribution in [0.25, 0.3) is 11.4 Å². The number of fused-ring (bicyclic) bond motifs is 1. The minimum absolute atomic E-state index is 0.233. The van der Waals surface area contributed by atoms with Crippen LogP contribution in [0.15, 0.2) is 24.3 Å². The standard InChI is InChI=1S/C18H25N7O2/c19-14-10-27-18(20)15(11-26-16(14)18)25-17(21-22-23-25)13-5-3-4-12(8-13)9-24-6-1-2-7-24/h3-5,8,14-16H,1-2,6-7,9-11,19-20H2. The van der Waals surface area contributed by atoms with Crippen molar-refractivity contribution in [2.75, 3.05) is 26.3 Å². The van der Waals surface area contributed by atoms with E-state index in [2.05, 4.69) is 32.6 Å². The van der Waals surface area contributed by atoms with Crippen LogP contribution in [0.2, 0.25) is 0 Å². The van der Waals surface area contributed by atoms with Crippen LogP contribution >= 0.6 is 0 Å². The highest BCUT2D eigenvalue weighted by atomic mass is 16.6. The van der Waals surface area contributed by atoms with Crippen molar-refractivity contribution in [3.05, 3.63) is 29.8 Å². The highest BCUT2D eigenvalue weighted by Crippen LogP contribution is 2.40. The van der Waals surface area contributed by atoms with Crippen molar-refractivity contribution in [1.82, 2.24) is 25.1 Å². The van der Waals surface area contributed by atoms with Crippen molar-refractivity contribution in [2.45, 2.75) is 43.3 Å². The number of tetrazole rings is 1. The molecular formula is C18H25N7O2. The number of hydrogen-bond donors (Lipinski definition) is 2. The molecule has 0 radical (unpaired) electrons. The fourth-order valence-electron chi connectivity index (χ4n) is 4.47. The molecule has 0 aliphatic carbocycles. The first-order chi connectivity index (χ1) is 13.1. The molecule has 3 saturated heterocycles. The molecule has 9 heteroatoms. The first-order valence-corrected chi connectivity index (χ1v) is 9.55. The highest BCUT2D eigenvalue weighted by molar-refractivity contribution is 5.56. The number of nitrogens with two attached hydrogens (primary N) is 2. The Kier molecular flexibility index (Phi) is 4.21. The van der Waals surface area contributed by atoms with Crippen LogP contribution in [-0.2, 0) is 16.0 Å². The zero-order chi connectivity index (χ0) is 18.4. The summed E-state index contributed by atoms with van der Waals surface area (Å²) in [5.41, 5.74) is 13.8. The summed E-state index contributed by atoms with van der Waals surface area (Å²) in [6.07, 6.45) is 2.21. The van der Waals surface area contributed by atoms with E-state index in [1.165, 1.54) is 18.4 Å². The van der Waals surface area contributed by atoms with Gasteiger partial charge in [0.2, 0.25) is 0 Å². The van der Waals surface area contributed by atoms with Gasteiger partial charge in [0.1, 0.15) is 12.1 Å². The van der Waals surface area contributed by atoms with Gasteiger partial charge in [-0.2, -0.15) is 0 Å². The normalized spacial score (nSPS) is 33.6. The van der Waals surface area contributed by atoms with E-state index >= 15 is 0 Å². The summed E-state index contributed by atoms with van der Waals surface area (Å²) >= 11 is 0. The molecule has 3 fully saturated rings. The van der Waals surface area contributed by atoms with Crippen molar-refractivity contribution >= 4 is 0 Å². The van der Waals surface area contributed by atoms with Gasteiger partial charge in [-0.3, -0.25) is 10.6 Å². The van der Waals surface area contributed by atoms with E-state index in [1.807, 2.05) is 12.1 Å². The molecule has 4 heterocycles. The number of ether oxygens (including phenoxy) is 2. The average molecular weight is 371 g/mol. The number of aromatic nitrogens is 4. The smallest absolute Gasteiger partial charge is 0.182 e. The van der Waals surface area contributed by atoms with E-state index in [0.29, 0.717) is 19.0 Å². The van der Waals surface area contributed by atoms with E-state index in [4.69, 9.17) is 20.9 Å². The summed E-state index contributed by atoms with van der Waals surface area (Å²) < 4.78 is 13.4. The van der Waals surface area contributed by atoms with Gasteiger partial charge in [-0.1, -0.05) is 18.2 Å². The number of likely N-dealkylation sites (tertiary alicyclic amines) is 1. The summed E-state index contributed by atoms with van der Waals surface area (Å²) in [6, 6.07) is 7.82. The van der Waals surface area contributed by atoms with Crippen molar-refractivity contribution in [2.24, 2.45) is 11.5 Å². The predicted octanol–water partition coefficient (Wildman–Crippen LogP) is -0.112. The largest absolute Gasteiger partial charge is 0.370 e. The van der Waals surface area contributed by atoms with Crippen LogP contribution in [0, 0.1) is 0 Å². The molecule has 27 heavy (non-hydrogen) atoms. The third-order valence-corrected chi connectivity index (χ3v) is 5.89. The Labute approximate surface area is 157 Å². The van der Waals surface area contributed by atoms with Gasteiger partial charge in [0.15, 0.2) is 11.5 Å². The molecule has 3 aliphatic heterocycles. The van der Waals surface area contributed by atoms with E-state index in [1.54, 1.807) is 4.68 Å². The van der Waals surface area contributed by atoms with E-state index in [0.717, 1.165) is 25.2 Å². The summed E-state index contributed by atoms with van der Waals surface area (Å²) in [6.45, 7) is 4.02. The van der Waals surface area contributed by atoms with Crippen molar-refractivity contribution in [3.63, 3.8) is 0 Å². The maximum atomic E-state index is 6.53. The Bertz CT molecular complexity index is 822. The molecule has 0 spiro atoms. The Morgan fingerprint density at radius 3 is 2.93 bits per heavy atom. The summed E-state index contributed by atoms with van der Waals surface area (Å²) in [7, 11) is 0. The molecule has 9 nitrogen and oxygen atoms in total. The van der Waals surface area contributed by atoms with Gasteiger partial charge in [-0.25, -0.2) is 4.68 Å². The van der Waals surface area contributed by atoms with Gasteiger partial charge in [0.25, 0.3) is 0 Å². The predicted molar refractivity (Wildman–Crippen MR) is 97.4 cm³/mol. The third kappa shape index (κ3) is 2.86. The van der Waals surface area contributed by atoms with Gasteiger partial charge in [0.05, 0.1) is 19.3 Å². The van der Waals surface area contributed by atoms with Crippen molar-refractivity contribution in [3.8, 4) is 11.4 Å². The zero-order valence-electron chi connectivity index (χ0n) is 15.2. The molecule has 0 saturated carbocycles. The first kappa shape index (κ1) is 17.2. The molecular weight excluding hydrogens is 346 g/mol. The molecule has 0 amide bonds. The quantitative estimate of drug-likeness (QED) is 0.764. The topological polar surface area (TPSA) is 117 Å². The lowest BCUT2D eigenvalue weighted by Gasteiger charge is -2.28. The fourth-order valence-corrected chi connectivity index (χ4v) is 4.47. The lowest BCUT2D eigenvalue weighted by molar-refractivity contribution is -0.0370. The van der Waals surface area contributed by atoms with E-state index in [9.17, 15) is 0 Å². The molecule has 4 N–H and O–H groups in total. The third-order valence-electron chi connectivity index (χ3n) is 5.89. The van der Waals surface area contributed by atoms with E-state index in [-0.39, 0.29) is 18.2 Å². The Hall–Kier alpha value is -1.91. The molecule has 4 unspecified atom stereocenters. The SMILES string of the molecule is NC1COC2(N)C1OCC2n1nnnc1-c1cccc(CN2CCCC2)c1. The van der Waals surface area contributed by atoms with Gasteiger partial charge in [0, 0.05) is 12.1 Å². The molecule has 1 aromatic carbocycles. The second-order valence-electron chi connectivity index (χ2n) is 7.73. The Morgan fingerprint density at radius 1 is 1.22 bits per heavy atom. The van der Waals surface area contributed by atoms with Gasteiger partial charge in [-0.15, -0.1) is 5.10 Å². The molecule has 4 atom stereocenters. The molecule has 3 aliphatic rings. The summed E-state index contributed by atoms with van der Waals surface area (Å²) in [5, 5.41) is 12.4. The van der Waals surface area contributed by atoms with E-state index < -0.39 is 5.72 Å². The van der Waals surface area contributed by atoms with Crippen LogP contribution in [0.4, 0.5) is 0 Å². The van der Waals surface area contributed by atoms with Crippen LogP contribution < -0.4 is 11.5 Å². The molecule has 2 aromatic rings. The minimum atomic E-state index is -1.00. The van der Waals surface area contributed by atoms with Crippen LogP contribution in [0.1, 0.15) is 24.4 Å². The maximum Gasteiger partial charge on any atom is 0.182 e. The zero-order valence-corrected chi connectivity index (χ0v) is 15.2. The Morgan fingerprint density at radius 2 is 2.07 bits per heavy atom. The van der Waals surface area contributed by atoms with Crippen LogP contribution in [0.3, 0.4) is 0 Å². The first-order valence-electron chi connectivity index (χ1n) is 9.55. The Balaban J connectivity index is 1.44. The maximum absolute atomic E-state index is 6.53. The number of nitrogens with zero attached hydrogens (tertiary/aromatic N) is 5. The summed E-state index contributed by atoms with van der Waals surface area (Å²) in [4.78, 5) is 2.47. The minimum Gasteiger partial charge on any atom is -0.370 e.